The van der Waals surface area contributed by atoms with Gasteiger partial charge in [0.1, 0.15) is 6.04 Å². The van der Waals surface area contributed by atoms with Crippen molar-refractivity contribution in [1.29, 1.82) is 0 Å². The molecule has 1 atom stereocenters. The molecule has 148 valence electrons. The van der Waals surface area contributed by atoms with Crippen LogP contribution in [-0.2, 0) is 14.3 Å². The third-order valence-electron chi connectivity index (χ3n) is 4.34. The van der Waals surface area contributed by atoms with Gasteiger partial charge in [-0.2, -0.15) is 0 Å². The lowest BCUT2D eigenvalue weighted by Gasteiger charge is -2.30. The van der Waals surface area contributed by atoms with E-state index in [2.05, 4.69) is 15.9 Å². The average Bonchev–Trinajstić information content (AvgIpc) is 2.71. The van der Waals surface area contributed by atoms with Crippen LogP contribution < -0.4 is 4.90 Å². The number of amides is 1. The number of hydrogen-bond acceptors (Lipinski definition) is 5. The van der Waals surface area contributed by atoms with E-state index >= 15 is 0 Å². The van der Waals surface area contributed by atoms with E-state index in [1.54, 1.807) is 31.2 Å². The predicted molar refractivity (Wildman–Crippen MR) is 116 cm³/mol. The highest BCUT2D eigenvalue weighted by atomic mass is 79.9. The first-order valence-electron chi connectivity index (χ1n) is 8.65. The minimum absolute atomic E-state index is 0.0829. The molecule has 0 fully saturated rings. The molecule has 0 saturated heterocycles. The van der Waals surface area contributed by atoms with Crippen molar-refractivity contribution in [2.75, 3.05) is 17.8 Å². The fourth-order valence-electron chi connectivity index (χ4n) is 2.85. The summed E-state index contributed by atoms with van der Waals surface area (Å²) in [5.74, 6) is -0.941. The Hall–Kier alpha value is -2.12. The predicted octanol–water partition coefficient (Wildman–Crippen LogP) is 4.53. The third-order valence-corrected chi connectivity index (χ3v) is 6.09. The zero-order chi connectivity index (χ0) is 20.8. The Balaban J connectivity index is 2.32. The number of thioether (sulfide) groups is 1. The van der Waals surface area contributed by atoms with Gasteiger partial charge in [0.15, 0.2) is 0 Å². The first-order valence-corrected chi connectivity index (χ1v) is 10.4. The fraction of sp³-hybridized carbons (Fsp3) is 0.286. The summed E-state index contributed by atoms with van der Waals surface area (Å²) in [4.78, 5) is 39.1. The number of ether oxygens (including phenoxy) is 1. The highest BCUT2D eigenvalue weighted by molar-refractivity contribution is 9.10. The van der Waals surface area contributed by atoms with Gasteiger partial charge in [-0.3, -0.25) is 14.5 Å². The zero-order valence-electron chi connectivity index (χ0n) is 16.2. The van der Waals surface area contributed by atoms with Gasteiger partial charge in [-0.05, 0) is 38.0 Å². The van der Waals surface area contributed by atoms with Crippen molar-refractivity contribution in [2.45, 2.75) is 26.8 Å². The van der Waals surface area contributed by atoms with Crippen LogP contribution in [0.1, 0.15) is 28.4 Å². The molecule has 2 rings (SSSR count). The van der Waals surface area contributed by atoms with Gasteiger partial charge in [-0.25, -0.2) is 4.79 Å². The van der Waals surface area contributed by atoms with E-state index in [0.717, 1.165) is 27.4 Å². The lowest BCUT2D eigenvalue weighted by molar-refractivity contribution is -0.142. The van der Waals surface area contributed by atoms with E-state index in [1.807, 2.05) is 32.0 Å². The lowest BCUT2D eigenvalue weighted by atomic mass is 10.1. The molecule has 0 aromatic heterocycles. The van der Waals surface area contributed by atoms with Crippen LogP contribution in [0.3, 0.4) is 0 Å². The Kier molecular flexibility index (Phi) is 7.83. The molecule has 0 heterocycles. The monoisotopic (exact) mass is 463 g/mol. The van der Waals surface area contributed by atoms with Crippen LogP contribution in [0.15, 0.2) is 46.9 Å². The van der Waals surface area contributed by atoms with Crippen LogP contribution >= 0.6 is 27.7 Å². The standard InChI is InChI=1S/C21H22BrNO4S/c1-13-10-11-17(22)14(2)19(13)23(15(3)20(25)27-4)18(24)12-28-21(26)16-8-6-5-7-9-16/h5-11,15H,12H2,1-4H3. The summed E-state index contributed by atoms with van der Waals surface area (Å²) < 4.78 is 5.68. The maximum atomic E-state index is 13.1. The Morgan fingerprint density at radius 2 is 1.75 bits per heavy atom. The number of esters is 1. The second-order valence-corrected chi connectivity index (χ2v) is 8.05. The molecule has 0 aliphatic carbocycles. The SMILES string of the molecule is COC(=O)C(C)N(C(=O)CSC(=O)c1ccccc1)c1c(C)ccc(Br)c1C. The number of nitrogens with zero attached hydrogens (tertiary/aromatic N) is 1. The second-order valence-electron chi connectivity index (χ2n) is 6.24. The molecule has 7 heteroatoms. The van der Waals surface area contributed by atoms with Crippen LogP contribution in [0.5, 0.6) is 0 Å². The number of hydrogen-bond donors (Lipinski definition) is 0. The van der Waals surface area contributed by atoms with E-state index in [-0.39, 0.29) is 16.8 Å². The van der Waals surface area contributed by atoms with Crippen molar-refractivity contribution in [1.82, 2.24) is 0 Å². The molecule has 2 aromatic carbocycles. The van der Waals surface area contributed by atoms with Crippen LogP contribution in [-0.4, -0.2) is 35.9 Å². The summed E-state index contributed by atoms with van der Waals surface area (Å²) in [6.07, 6.45) is 0. The second kappa shape index (κ2) is 9.89. The molecule has 0 spiro atoms. The molecule has 0 saturated carbocycles. The summed E-state index contributed by atoms with van der Waals surface area (Å²) >= 11 is 4.40. The molecule has 1 amide bonds. The van der Waals surface area contributed by atoms with E-state index in [9.17, 15) is 14.4 Å². The highest BCUT2D eigenvalue weighted by Gasteiger charge is 2.31. The number of anilines is 1. The molecule has 0 bridgehead atoms. The van der Waals surface area contributed by atoms with Crippen LogP contribution in [0.2, 0.25) is 0 Å². The maximum absolute atomic E-state index is 13.1. The Morgan fingerprint density at radius 1 is 1.11 bits per heavy atom. The minimum Gasteiger partial charge on any atom is -0.467 e. The van der Waals surface area contributed by atoms with Crippen molar-refractivity contribution in [2.24, 2.45) is 0 Å². The molecule has 0 radical (unpaired) electrons. The average molecular weight is 464 g/mol. The largest absolute Gasteiger partial charge is 0.467 e. The van der Waals surface area contributed by atoms with Gasteiger partial charge in [0.05, 0.1) is 18.6 Å². The van der Waals surface area contributed by atoms with E-state index < -0.39 is 12.0 Å². The smallest absolute Gasteiger partial charge is 0.328 e. The highest BCUT2D eigenvalue weighted by Crippen LogP contribution is 2.33. The molecule has 28 heavy (non-hydrogen) atoms. The topological polar surface area (TPSA) is 63.7 Å². The third kappa shape index (κ3) is 5.02. The van der Waals surface area contributed by atoms with Gasteiger partial charge in [0, 0.05) is 10.0 Å². The Labute approximate surface area is 177 Å². The van der Waals surface area contributed by atoms with E-state index in [0.29, 0.717) is 11.3 Å². The maximum Gasteiger partial charge on any atom is 0.328 e. The molecule has 2 aromatic rings. The van der Waals surface area contributed by atoms with Crippen LogP contribution in [0.25, 0.3) is 0 Å². The number of carbonyl (C=O) groups is 3. The summed E-state index contributed by atoms with van der Waals surface area (Å²) in [5, 5.41) is -0.192. The van der Waals surface area contributed by atoms with Gasteiger partial charge in [-0.1, -0.05) is 64.1 Å². The van der Waals surface area contributed by atoms with Gasteiger partial charge >= 0.3 is 5.97 Å². The minimum atomic E-state index is -0.823. The van der Waals surface area contributed by atoms with Crippen LogP contribution in [0, 0.1) is 13.8 Å². The molecular weight excluding hydrogens is 442 g/mol. The fourth-order valence-corrected chi connectivity index (χ4v) is 3.86. The summed E-state index contributed by atoms with van der Waals surface area (Å²) in [7, 11) is 1.29. The molecule has 1 unspecified atom stereocenters. The quantitative estimate of drug-likeness (QED) is 0.588. The van der Waals surface area contributed by atoms with E-state index in [4.69, 9.17) is 4.74 Å². The summed E-state index contributed by atoms with van der Waals surface area (Å²) in [5.41, 5.74) is 2.86. The van der Waals surface area contributed by atoms with Crippen molar-refractivity contribution in [3.8, 4) is 0 Å². The van der Waals surface area contributed by atoms with Crippen molar-refractivity contribution in [3.05, 3.63) is 63.6 Å². The normalized spacial score (nSPS) is 11.6. The van der Waals surface area contributed by atoms with Gasteiger partial charge in [0.2, 0.25) is 11.0 Å². The summed E-state index contributed by atoms with van der Waals surface area (Å²) in [6, 6.07) is 11.7. The molecule has 0 N–H and O–H groups in total. The molecule has 5 nitrogen and oxygen atoms in total. The number of halogens is 1. The van der Waals surface area contributed by atoms with Gasteiger partial charge < -0.3 is 4.74 Å². The van der Waals surface area contributed by atoms with Crippen molar-refractivity contribution in [3.63, 3.8) is 0 Å². The molecular formula is C21H22BrNO4S. The number of aryl methyl sites for hydroxylation is 1. The van der Waals surface area contributed by atoms with Crippen molar-refractivity contribution < 1.29 is 19.1 Å². The Bertz CT molecular complexity index is 885. The Morgan fingerprint density at radius 3 is 2.36 bits per heavy atom. The van der Waals surface area contributed by atoms with Crippen LogP contribution in [0.4, 0.5) is 5.69 Å². The summed E-state index contributed by atoms with van der Waals surface area (Å²) in [6.45, 7) is 5.37. The van der Waals surface area contributed by atoms with Gasteiger partial charge in [-0.15, -0.1) is 0 Å². The zero-order valence-corrected chi connectivity index (χ0v) is 18.6. The number of methoxy groups -OCH3 is 1. The number of carbonyl (C=O) groups excluding carboxylic acids is 3. The first kappa shape index (κ1) is 22.2. The molecule has 0 aliphatic heterocycles. The number of benzene rings is 2. The first-order chi connectivity index (χ1) is 13.3. The van der Waals surface area contributed by atoms with E-state index in [1.165, 1.54) is 12.0 Å². The van der Waals surface area contributed by atoms with Gasteiger partial charge in [0.25, 0.3) is 0 Å². The molecule has 0 aliphatic rings. The lowest BCUT2D eigenvalue weighted by Crippen LogP contribution is -2.45. The number of rotatable bonds is 6. The van der Waals surface area contributed by atoms with Crippen molar-refractivity contribution >= 4 is 50.4 Å².